The van der Waals surface area contributed by atoms with Gasteiger partial charge in [0.05, 0.1) is 6.04 Å². The number of halogens is 1. The molecule has 0 aliphatic carbocycles. The van der Waals surface area contributed by atoms with E-state index in [0.29, 0.717) is 36.2 Å². The van der Waals surface area contributed by atoms with E-state index < -0.39 is 0 Å². The van der Waals surface area contributed by atoms with Crippen LogP contribution in [0.3, 0.4) is 0 Å². The third-order valence-electron chi connectivity index (χ3n) is 5.62. The lowest BCUT2D eigenvalue weighted by Crippen LogP contribution is -2.41. The second kappa shape index (κ2) is 8.35. The molecule has 3 nitrogen and oxygen atoms in total. The van der Waals surface area contributed by atoms with Crippen LogP contribution in [0.25, 0.3) is 0 Å². The van der Waals surface area contributed by atoms with Crippen molar-refractivity contribution in [3.05, 3.63) is 35.9 Å². The molecule has 0 saturated carbocycles. The minimum atomic E-state index is 0. The Labute approximate surface area is 152 Å². The summed E-state index contributed by atoms with van der Waals surface area (Å²) in [6.07, 6.45) is 5.65. The maximum atomic E-state index is 12.9. The van der Waals surface area contributed by atoms with Crippen molar-refractivity contribution in [1.82, 2.24) is 10.2 Å². The van der Waals surface area contributed by atoms with Gasteiger partial charge < -0.3 is 10.2 Å². The highest BCUT2D eigenvalue weighted by atomic mass is 35.5. The predicted octanol–water partition coefficient (Wildman–Crippen LogP) is 4.18. The van der Waals surface area contributed by atoms with E-state index in [-0.39, 0.29) is 18.4 Å². The molecule has 3 unspecified atom stereocenters. The minimum absolute atomic E-state index is 0. The normalized spacial score (nSPS) is 26.8. The van der Waals surface area contributed by atoms with Gasteiger partial charge in [-0.1, -0.05) is 44.2 Å². The van der Waals surface area contributed by atoms with Crippen LogP contribution in [0.1, 0.15) is 57.6 Å². The summed E-state index contributed by atoms with van der Waals surface area (Å²) in [5.41, 5.74) is 1.24. The molecule has 2 saturated heterocycles. The molecular formula is C20H31ClN2O. The number of amides is 1. The zero-order chi connectivity index (χ0) is 16.4. The molecule has 2 aliphatic rings. The molecule has 1 amide bonds. The molecule has 1 aromatic rings. The number of nitrogens with zero attached hydrogens (tertiary/aromatic N) is 1. The van der Waals surface area contributed by atoms with Gasteiger partial charge in [0.2, 0.25) is 5.91 Å². The van der Waals surface area contributed by atoms with E-state index >= 15 is 0 Å². The maximum absolute atomic E-state index is 12.9. The number of hydrogen-bond donors (Lipinski definition) is 1. The van der Waals surface area contributed by atoms with Crippen molar-refractivity contribution in [2.45, 2.75) is 64.1 Å². The van der Waals surface area contributed by atoms with Gasteiger partial charge in [-0.3, -0.25) is 4.79 Å². The Hall–Kier alpha value is -1.06. The number of carbonyl (C=O) groups is 1. The highest BCUT2D eigenvalue weighted by molar-refractivity contribution is 5.85. The van der Waals surface area contributed by atoms with E-state index in [0.717, 1.165) is 0 Å². The highest BCUT2D eigenvalue weighted by Gasteiger charge is 2.35. The van der Waals surface area contributed by atoms with E-state index in [4.69, 9.17) is 0 Å². The summed E-state index contributed by atoms with van der Waals surface area (Å²) >= 11 is 0. The zero-order valence-corrected chi connectivity index (χ0v) is 15.9. The fraction of sp³-hybridized carbons (Fsp3) is 0.650. The molecule has 0 spiro atoms. The van der Waals surface area contributed by atoms with Crippen LogP contribution in [0.15, 0.2) is 30.3 Å². The van der Waals surface area contributed by atoms with Crippen molar-refractivity contribution in [1.29, 1.82) is 0 Å². The van der Waals surface area contributed by atoms with Gasteiger partial charge in [0, 0.05) is 25.6 Å². The number of nitrogens with one attached hydrogen (secondary N) is 1. The first kappa shape index (κ1) is 19.3. The maximum Gasteiger partial charge on any atom is 0.223 e. The zero-order valence-electron chi connectivity index (χ0n) is 15.1. The van der Waals surface area contributed by atoms with Gasteiger partial charge in [-0.15, -0.1) is 12.4 Å². The van der Waals surface area contributed by atoms with Gasteiger partial charge in [-0.05, 0) is 43.1 Å². The Kier molecular flexibility index (Phi) is 6.70. The van der Waals surface area contributed by atoms with Crippen LogP contribution in [-0.2, 0) is 4.79 Å². The van der Waals surface area contributed by atoms with Gasteiger partial charge in [0.15, 0.2) is 0 Å². The van der Waals surface area contributed by atoms with Crippen LogP contribution in [-0.4, -0.2) is 29.9 Å². The number of benzene rings is 1. The van der Waals surface area contributed by atoms with E-state index in [1.54, 1.807) is 0 Å². The minimum Gasteiger partial charge on any atom is -0.338 e. The van der Waals surface area contributed by atoms with E-state index in [2.05, 4.69) is 43.4 Å². The van der Waals surface area contributed by atoms with Gasteiger partial charge in [0.1, 0.15) is 0 Å². The summed E-state index contributed by atoms with van der Waals surface area (Å²) < 4.78 is 0. The third kappa shape index (κ3) is 4.31. The molecule has 2 fully saturated rings. The Bertz CT molecular complexity index is 522. The second-order valence-electron chi connectivity index (χ2n) is 7.78. The molecule has 3 rings (SSSR count). The molecule has 0 aromatic heterocycles. The Balaban J connectivity index is 0.00000208. The van der Waals surface area contributed by atoms with Gasteiger partial charge in [-0.2, -0.15) is 0 Å². The van der Waals surface area contributed by atoms with Crippen molar-refractivity contribution < 1.29 is 4.79 Å². The van der Waals surface area contributed by atoms with Crippen molar-refractivity contribution >= 4 is 18.3 Å². The van der Waals surface area contributed by atoms with Crippen molar-refractivity contribution in [2.24, 2.45) is 11.8 Å². The SMILES string of the molecule is CC(C)C(c1ccccc1)N(C)C(=O)CC1CC2CCC(C1)N2.Cl. The monoisotopic (exact) mass is 350 g/mol. The van der Waals surface area contributed by atoms with E-state index in [1.165, 1.54) is 31.2 Å². The lowest BCUT2D eigenvalue weighted by molar-refractivity contribution is -0.134. The lowest BCUT2D eigenvalue weighted by atomic mass is 9.88. The average molecular weight is 351 g/mol. The summed E-state index contributed by atoms with van der Waals surface area (Å²) in [6.45, 7) is 4.40. The molecule has 134 valence electrons. The predicted molar refractivity (Wildman–Crippen MR) is 101 cm³/mol. The summed E-state index contributed by atoms with van der Waals surface area (Å²) in [6, 6.07) is 11.9. The van der Waals surface area contributed by atoms with Gasteiger partial charge in [0.25, 0.3) is 0 Å². The van der Waals surface area contributed by atoms with Crippen LogP contribution >= 0.6 is 12.4 Å². The highest BCUT2D eigenvalue weighted by Crippen LogP contribution is 2.34. The molecule has 1 N–H and O–H groups in total. The number of rotatable bonds is 5. The molecule has 3 atom stereocenters. The number of piperidine rings is 1. The largest absolute Gasteiger partial charge is 0.338 e. The molecule has 1 aromatic carbocycles. The van der Waals surface area contributed by atoms with E-state index in [1.807, 2.05) is 18.0 Å². The van der Waals surface area contributed by atoms with Gasteiger partial charge >= 0.3 is 0 Å². The summed E-state index contributed by atoms with van der Waals surface area (Å²) in [5, 5.41) is 3.66. The second-order valence-corrected chi connectivity index (χ2v) is 7.78. The molecular weight excluding hydrogens is 320 g/mol. The van der Waals surface area contributed by atoms with Crippen LogP contribution in [0, 0.1) is 11.8 Å². The number of fused-ring (bicyclic) bond motifs is 2. The van der Waals surface area contributed by atoms with Crippen LogP contribution in [0.2, 0.25) is 0 Å². The first-order valence-electron chi connectivity index (χ1n) is 9.11. The summed E-state index contributed by atoms with van der Waals surface area (Å²) in [5.74, 6) is 1.28. The van der Waals surface area contributed by atoms with Crippen LogP contribution in [0.5, 0.6) is 0 Å². The average Bonchev–Trinajstić information content (AvgIpc) is 2.87. The Morgan fingerprint density at radius 1 is 1.17 bits per heavy atom. The lowest BCUT2D eigenvalue weighted by Gasteiger charge is -2.34. The Morgan fingerprint density at radius 2 is 1.75 bits per heavy atom. The molecule has 24 heavy (non-hydrogen) atoms. The van der Waals surface area contributed by atoms with Crippen LogP contribution < -0.4 is 5.32 Å². The molecule has 2 bridgehead atoms. The molecule has 0 radical (unpaired) electrons. The van der Waals surface area contributed by atoms with Crippen LogP contribution in [0.4, 0.5) is 0 Å². The quantitative estimate of drug-likeness (QED) is 0.863. The molecule has 2 aliphatic heterocycles. The summed E-state index contributed by atoms with van der Waals surface area (Å²) in [7, 11) is 1.98. The fourth-order valence-electron chi connectivity index (χ4n) is 4.59. The molecule has 2 heterocycles. The number of hydrogen-bond acceptors (Lipinski definition) is 2. The number of carbonyl (C=O) groups excluding carboxylic acids is 1. The summed E-state index contributed by atoms with van der Waals surface area (Å²) in [4.78, 5) is 14.9. The standard InChI is InChI=1S/C20H30N2O.ClH/c1-14(2)20(16-7-5-4-6-8-16)22(3)19(23)13-15-11-17-9-10-18(12-15)21-17;/h4-8,14-15,17-18,20-21H,9-13H2,1-3H3;1H. The van der Waals surface area contributed by atoms with E-state index in [9.17, 15) is 4.79 Å². The third-order valence-corrected chi connectivity index (χ3v) is 5.62. The first-order valence-corrected chi connectivity index (χ1v) is 9.11. The molecule has 4 heteroatoms. The van der Waals surface area contributed by atoms with Gasteiger partial charge in [-0.25, -0.2) is 0 Å². The topological polar surface area (TPSA) is 32.3 Å². The first-order chi connectivity index (χ1) is 11.0. The smallest absolute Gasteiger partial charge is 0.223 e. The van der Waals surface area contributed by atoms with Crippen molar-refractivity contribution in [2.75, 3.05) is 7.05 Å². The van der Waals surface area contributed by atoms with Crippen molar-refractivity contribution in [3.63, 3.8) is 0 Å². The fourth-order valence-corrected chi connectivity index (χ4v) is 4.59. The Morgan fingerprint density at radius 3 is 2.29 bits per heavy atom. The van der Waals surface area contributed by atoms with Crippen molar-refractivity contribution in [3.8, 4) is 0 Å².